The van der Waals surface area contributed by atoms with Gasteiger partial charge < -0.3 is 29.4 Å². The normalized spacial score (nSPS) is 15.3. The molecule has 0 aromatic carbocycles. The third-order valence-corrected chi connectivity index (χ3v) is 3.54. The average Bonchev–Trinajstić information content (AvgIpc) is 2.87. The first-order valence-electron chi connectivity index (χ1n) is 8.00. The van der Waals surface area contributed by atoms with E-state index in [-0.39, 0.29) is 24.1 Å². The monoisotopic (exact) mass is 339 g/mol. The molecule has 0 unspecified atom stereocenters. The molecule has 2 rings (SSSR count). The zero-order chi connectivity index (χ0) is 17.9. The fraction of sp³-hybridized carbons (Fsp3) is 0.625. The van der Waals surface area contributed by atoms with E-state index in [1.165, 1.54) is 6.26 Å². The second-order valence-electron chi connectivity index (χ2n) is 6.54. The predicted molar refractivity (Wildman–Crippen MR) is 89.1 cm³/mol. The van der Waals surface area contributed by atoms with Crippen LogP contribution in [0.25, 0.3) is 0 Å². The average molecular weight is 339 g/mol. The maximum absolute atomic E-state index is 12.1. The van der Waals surface area contributed by atoms with Gasteiger partial charge in [0.2, 0.25) is 5.76 Å². The molecule has 0 radical (unpaired) electrons. The van der Waals surface area contributed by atoms with Crippen LogP contribution in [0.1, 0.15) is 38.2 Å². The highest BCUT2D eigenvalue weighted by molar-refractivity contribution is 5.95. The number of carbonyl (C=O) groups excluding carboxylic acids is 2. The standard InChI is InChI=1S/C16H25N3O5/c1-5-22-14(20)13-12(17)11(10-23-13)18-6-8-19(9-7-18)15(21)24-16(2,3)4/h10H,5-9,17H2,1-4H3. The Balaban J connectivity index is 1.98. The fourth-order valence-corrected chi connectivity index (χ4v) is 2.41. The lowest BCUT2D eigenvalue weighted by molar-refractivity contribution is 0.0240. The number of carbonyl (C=O) groups is 2. The van der Waals surface area contributed by atoms with Crippen molar-refractivity contribution in [1.29, 1.82) is 0 Å². The Morgan fingerprint density at radius 2 is 1.88 bits per heavy atom. The summed E-state index contributed by atoms with van der Waals surface area (Å²) in [5, 5.41) is 0. The summed E-state index contributed by atoms with van der Waals surface area (Å²) in [6.45, 7) is 9.65. The van der Waals surface area contributed by atoms with E-state index in [1.54, 1.807) is 11.8 Å². The highest BCUT2D eigenvalue weighted by Gasteiger charge is 2.28. The van der Waals surface area contributed by atoms with Crippen LogP contribution in [0.2, 0.25) is 0 Å². The molecule has 24 heavy (non-hydrogen) atoms. The molecule has 1 saturated heterocycles. The van der Waals surface area contributed by atoms with E-state index in [2.05, 4.69) is 0 Å². The van der Waals surface area contributed by atoms with Gasteiger partial charge in [-0.2, -0.15) is 0 Å². The molecule has 1 amide bonds. The SMILES string of the molecule is CCOC(=O)c1occ(N2CCN(C(=O)OC(C)(C)C)CC2)c1N. The van der Waals surface area contributed by atoms with Crippen LogP contribution in [0.5, 0.6) is 0 Å². The van der Waals surface area contributed by atoms with Crippen LogP contribution in [0.3, 0.4) is 0 Å². The Hall–Kier alpha value is -2.38. The van der Waals surface area contributed by atoms with E-state index in [1.807, 2.05) is 25.7 Å². The van der Waals surface area contributed by atoms with E-state index >= 15 is 0 Å². The molecule has 1 aliphatic rings. The Morgan fingerprint density at radius 3 is 2.42 bits per heavy atom. The van der Waals surface area contributed by atoms with Gasteiger partial charge in [0.1, 0.15) is 17.6 Å². The maximum Gasteiger partial charge on any atom is 0.410 e. The van der Waals surface area contributed by atoms with Crippen molar-refractivity contribution in [2.75, 3.05) is 43.4 Å². The van der Waals surface area contributed by atoms with Crippen molar-refractivity contribution in [2.45, 2.75) is 33.3 Å². The number of ether oxygens (including phenoxy) is 2. The Morgan fingerprint density at radius 1 is 1.25 bits per heavy atom. The molecule has 1 aromatic heterocycles. The highest BCUT2D eigenvalue weighted by atomic mass is 16.6. The van der Waals surface area contributed by atoms with E-state index < -0.39 is 11.6 Å². The zero-order valence-corrected chi connectivity index (χ0v) is 14.6. The van der Waals surface area contributed by atoms with Gasteiger partial charge in [-0.25, -0.2) is 9.59 Å². The second kappa shape index (κ2) is 7.02. The van der Waals surface area contributed by atoms with Crippen LogP contribution >= 0.6 is 0 Å². The molecule has 0 bridgehead atoms. The van der Waals surface area contributed by atoms with Crippen molar-refractivity contribution in [3.8, 4) is 0 Å². The first-order chi connectivity index (χ1) is 11.2. The number of anilines is 2. The smallest absolute Gasteiger partial charge is 0.410 e. The largest absolute Gasteiger partial charge is 0.460 e. The summed E-state index contributed by atoms with van der Waals surface area (Å²) in [7, 11) is 0. The summed E-state index contributed by atoms with van der Waals surface area (Å²) < 4.78 is 15.5. The number of hydrogen-bond donors (Lipinski definition) is 1. The van der Waals surface area contributed by atoms with Crippen LogP contribution in [0.15, 0.2) is 10.7 Å². The number of hydrogen-bond acceptors (Lipinski definition) is 7. The zero-order valence-electron chi connectivity index (χ0n) is 14.6. The summed E-state index contributed by atoms with van der Waals surface area (Å²) in [5.41, 5.74) is 6.39. The molecule has 0 spiro atoms. The maximum atomic E-state index is 12.1. The van der Waals surface area contributed by atoms with Crippen molar-refractivity contribution in [1.82, 2.24) is 4.90 Å². The number of piperazine rings is 1. The van der Waals surface area contributed by atoms with Crippen LogP contribution in [0, 0.1) is 0 Å². The minimum Gasteiger partial charge on any atom is -0.460 e. The number of nitrogen functional groups attached to an aromatic ring is 1. The summed E-state index contributed by atoms with van der Waals surface area (Å²) >= 11 is 0. The van der Waals surface area contributed by atoms with Crippen molar-refractivity contribution in [2.24, 2.45) is 0 Å². The molecular weight excluding hydrogens is 314 g/mol. The fourth-order valence-electron chi connectivity index (χ4n) is 2.41. The molecule has 0 aliphatic carbocycles. The predicted octanol–water partition coefficient (Wildman–Crippen LogP) is 2.10. The molecule has 134 valence electrons. The van der Waals surface area contributed by atoms with Crippen LogP contribution in [-0.4, -0.2) is 55.3 Å². The van der Waals surface area contributed by atoms with Gasteiger partial charge in [-0.3, -0.25) is 0 Å². The number of nitrogens with zero attached hydrogens (tertiary/aromatic N) is 2. The van der Waals surface area contributed by atoms with Crippen molar-refractivity contribution >= 4 is 23.4 Å². The topological polar surface area (TPSA) is 98.2 Å². The molecule has 1 fully saturated rings. The van der Waals surface area contributed by atoms with E-state index in [0.717, 1.165) is 0 Å². The molecule has 8 heteroatoms. The van der Waals surface area contributed by atoms with Gasteiger partial charge in [0, 0.05) is 26.2 Å². The molecule has 8 nitrogen and oxygen atoms in total. The molecule has 2 N–H and O–H groups in total. The number of nitrogens with two attached hydrogens (primary N) is 1. The van der Waals surface area contributed by atoms with Gasteiger partial charge in [-0.15, -0.1) is 0 Å². The minimum atomic E-state index is -0.575. The number of furan rings is 1. The van der Waals surface area contributed by atoms with Crippen LogP contribution in [0.4, 0.5) is 16.2 Å². The minimum absolute atomic E-state index is 0.0152. The Kier molecular flexibility index (Phi) is 5.26. The van der Waals surface area contributed by atoms with Gasteiger partial charge in [-0.1, -0.05) is 0 Å². The van der Waals surface area contributed by atoms with E-state index in [4.69, 9.17) is 19.6 Å². The van der Waals surface area contributed by atoms with Gasteiger partial charge in [0.25, 0.3) is 0 Å². The number of rotatable bonds is 3. The Labute approximate surface area is 141 Å². The molecule has 1 aromatic rings. The molecule has 1 aliphatic heterocycles. The summed E-state index contributed by atoms with van der Waals surface area (Å²) in [5.74, 6) is -0.560. The van der Waals surface area contributed by atoms with E-state index in [9.17, 15) is 9.59 Å². The molecule has 0 atom stereocenters. The molecule has 0 saturated carbocycles. The Bertz CT molecular complexity index is 597. The first kappa shape index (κ1) is 18.0. The third kappa shape index (κ3) is 4.12. The van der Waals surface area contributed by atoms with E-state index in [0.29, 0.717) is 31.9 Å². The van der Waals surface area contributed by atoms with Gasteiger partial charge in [-0.05, 0) is 27.7 Å². The van der Waals surface area contributed by atoms with Gasteiger partial charge in [0.05, 0.1) is 12.3 Å². The third-order valence-electron chi connectivity index (χ3n) is 3.54. The van der Waals surface area contributed by atoms with Crippen LogP contribution < -0.4 is 10.6 Å². The number of esters is 1. The van der Waals surface area contributed by atoms with Crippen molar-refractivity contribution in [3.05, 3.63) is 12.0 Å². The second-order valence-corrected chi connectivity index (χ2v) is 6.54. The lowest BCUT2D eigenvalue weighted by Crippen LogP contribution is -2.50. The van der Waals surface area contributed by atoms with Crippen LogP contribution in [-0.2, 0) is 9.47 Å². The van der Waals surface area contributed by atoms with Gasteiger partial charge >= 0.3 is 12.1 Å². The molecule has 2 heterocycles. The summed E-state index contributed by atoms with van der Waals surface area (Å²) in [6, 6.07) is 0. The lowest BCUT2D eigenvalue weighted by Gasteiger charge is -2.36. The van der Waals surface area contributed by atoms with Gasteiger partial charge in [0.15, 0.2) is 0 Å². The summed E-state index contributed by atoms with van der Waals surface area (Å²) in [6.07, 6.45) is 1.12. The van der Waals surface area contributed by atoms with Crippen molar-refractivity contribution < 1.29 is 23.5 Å². The van der Waals surface area contributed by atoms with Crippen molar-refractivity contribution in [3.63, 3.8) is 0 Å². The first-order valence-corrected chi connectivity index (χ1v) is 8.00. The quantitative estimate of drug-likeness (QED) is 0.842. The molecular formula is C16H25N3O5. The summed E-state index contributed by atoms with van der Waals surface area (Å²) in [4.78, 5) is 27.5. The lowest BCUT2D eigenvalue weighted by atomic mass is 10.2. The highest BCUT2D eigenvalue weighted by Crippen LogP contribution is 2.30. The number of amides is 1.